The Bertz CT molecular complexity index is 929. The highest BCUT2D eigenvalue weighted by atomic mass is 35.5. The third-order valence-electron chi connectivity index (χ3n) is 6.34. The van der Waals surface area contributed by atoms with Gasteiger partial charge in [0.1, 0.15) is 19.0 Å². The number of ether oxygens (including phenoxy) is 2. The Balaban J connectivity index is 0.00000216. The molecule has 2 aromatic carbocycles. The quantitative estimate of drug-likeness (QED) is 0.485. The number of carbonyl (C=O) groups is 1. The van der Waals surface area contributed by atoms with Gasteiger partial charge in [-0.3, -0.25) is 9.69 Å². The van der Waals surface area contributed by atoms with Gasteiger partial charge in [-0.15, -0.1) is 24.8 Å². The summed E-state index contributed by atoms with van der Waals surface area (Å²) in [7, 11) is 0. The van der Waals surface area contributed by atoms with Crippen molar-refractivity contribution in [2.45, 2.75) is 25.0 Å². The monoisotopic (exact) mass is 529 g/mol. The zero-order valence-corrected chi connectivity index (χ0v) is 21.3. The average molecular weight is 530 g/mol. The normalized spacial score (nSPS) is 19.8. The molecule has 0 aliphatic carbocycles. The lowest BCUT2D eigenvalue weighted by atomic mass is 10.1. The lowest BCUT2D eigenvalue weighted by Gasteiger charge is -2.47. The van der Waals surface area contributed by atoms with E-state index in [-0.39, 0.29) is 43.1 Å². The number of nitrogens with one attached hydrogen (secondary N) is 1. The van der Waals surface area contributed by atoms with Gasteiger partial charge in [-0.1, -0.05) is 18.6 Å². The molecular formula is C25H34Cl2FN3O4. The topological polar surface area (TPSA) is 74.3 Å². The van der Waals surface area contributed by atoms with Crippen molar-refractivity contribution in [3.63, 3.8) is 0 Å². The first-order valence-electron chi connectivity index (χ1n) is 11.6. The molecule has 2 aliphatic heterocycles. The van der Waals surface area contributed by atoms with Crippen LogP contribution in [0.5, 0.6) is 11.5 Å². The van der Waals surface area contributed by atoms with E-state index in [4.69, 9.17) is 9.47 Å². The molecule has 1 saturated heterocycles. The second-order valence-corrected chi connectivity index (χ2v) is 8.59. The zero-order chi connectivity index (χ0) is 23.1. The fourth-order valence-corrected chi connectivity index (χ4v) is 4.33. The number of amides is 1. The number of benzene rings is 2. The molecule has 4 rings (SSSR count). The van der Waals surface area contributed by atoms with Crippen molar-refractivity contribution in [3.8, 4) is 11.5 Å². The summed E-state index contributed by atoms with van der Waals surface area (Å²) in [5.41, 5.74) is -0.353. The Morgan fingerprint density at radius 3 is 2.34 bits per heavy atom. The number of nitrogens with zero attached hydrogens (tertiary/aromatic N) is 2. The molecule has 0 aromatic heterocycles. The second kappa shape index (κ2) is 13.8. The highest BCUT2D eigenvalue weighted by Gasteiger charge is 2.44. The van der Waals surface area contributed by atoms with E-state index in [1.807, 2.05) is 24.3 Å². The van der Waals surface area contributed by atoms with Gasteiger partial charge in [0.25, 0.3) is 5.91 Å². The molecule has 194 valence electrons. The van der Waals surface area contributed by atoms with Crippen molar-refractivity contribution in [1.82, 2.24) is 15.1 Å². The van der Waals surface area contributed by atoms with Gasteiger partial charge in [-0.25, -0.2) is 4.39 Å². The second-order valence-electron chi connectivity index (χ2n) is 8.59. The number of rotatable bonds is 9. The van der Waals surface area contributed by atoms with Crippen LogP contribution >= 0.6 is 24.8 Å². The summed E-state index contributed by atoms with van der Waals surface area (Å²) in [5.74, 6) is 0.880. The molecule has 2 aromatic rings. The van der Waals surface area contributed by atoms with Crippen LogP contribution in [0, 0.1) is 5.82 Å². The first-order valence-corrected chi connectivity index (χ1v) is 11.6. The number of aliphatic hydroxyl groups is 1. The predicted octanol–water partition coefficient (Wildman–Crippen LogP) is 3.35. The van der Waals surface area contributed by atoms with Gasteiger partial charge in [0.2, 0.25) is 5.72 Å². The molecule has 7 nitrogen and oxygen atoms in total. The van der Waals surface area contributed by atoms with Gasteiger partial charge in [0.15, 0.2) is 11.5 Å². The van der Waals surface area contributed by atoms with Crippen LogP contribution in [0.15, 0.2) is 48.5 Å². The van der Waals surface area contributed by atoms with E-state index in [1.165, 1.54) is 24.3 Å². The van der Waals surface area contributed by atoms with Crippen molar-refractivity contribution in [3.05, 3.63) is 59.9 Å². The molecule has 1 amide bonds. The minimum Gasteiger partial charge on any atom is -0.484 e. The van der Waals surface area contributed by atoms with Gasteiger partial charge in [-0.2, -0.15) is 0 Å². The van der Waals surface area contributed by atoms with Crippen LogP contribution < -0.4 is 14.8 Å². The number of hydrogen-bond donors (Lipinski definition) is 2. The zero-order valence-electron chi connectivity index (χ0n) is 19.7. The summed E-state index contributed by atoms with van der Waals surface area (Å²) < 4.78 is 25.0. The number of fused-ring (bicyclic) bond motifs is 1. The first-order chi connectivity index (χ1) is 16.1. The smallest absolute Gasteiger partial charge is 0.251 e. The first kappa shape index (κ1) is 29.1. The van der Waals surface area contributed by atoms with Crippen LogP contribution in [0.1, 0.15) is 29.6 Å². The fraction of sp³-hybridized carbons (Fsp3) is 0.480. The molecule has 0 saturated carbocycles. The van der Waals surface area contributed by atoms with Crippen molar-refractivity contribution < 1.29 is 23.8 Å². The van der Waals surface area contributed by atoms with E-state index >= 15 is 0 Å². The van der Waals surface area contributed by atoms with Gasteiger partial charge in [0, 0.05) is 38.3 Å². The average Bonchev–Trinajstić information content (AvgIpc) is 2.86. The molecular weight excluding hydrogens is 496 g/mol. The maximum Gasteiger partial charge on any atom is 0.251 e. The molecule has 2 aliphatic rings. The summed E-state index contributed by atoms with van der Waals surface area (Å²) in [6.45, 7) is 5.24. The Hall–Kier alpha value is -2.10. The molecule has 0 spiro atoms. The van der Waals surface area contributed by atoms with E-state index in [2.05, 4.69) is 15.1 Å². The third-order valence-corrected chi connectivity index (χ3v) is 6.34. The maximum atomic E-state index is 12.9. The van der Waals surface area contributed by atoms with Crippen molar-refractivity contribution in [2.24, 2.45) is 0 Å². The molecule has 10 heteroatoms. The molecule has 1 unspecified atom stereocenters. The number of aliphatic hydroxyl groups excluding tert-OH is 1. The third kappa shape index (κ3) is 7.44. The van der Waals surface area contributed by atoms with Crippen LogP contribution in [-0.4, -0.2) is 79.0 Å². The Morgan fingerprint density at radius 1 is 0.971 bits per heavy atom. The fourth-order valence-electron chi connectivity index (χ4n) is 4.33. The molecule has 2 heterocycles. The molecule has 2 N–H and O–H groups in total. The van der Waals surface area contributed by atoms with E-state index in [0.29, 0.717) is 30.2 Å². The Morgan fingerprint density at radius 2 is 1.66 bits per heavy atom. The predicted molar refractivity (Wildman–Crippen MR) is 137 cm³/mol. The highest BCUT2D eigenvalue weighted by Crippen LogP contribution is 2.36. The van der Waals surface area contributed by atoms with Crippen LogP contribution in [0.2, 0.25) is 0 Å². The van der Waals surface area contributed by atoms with E-state index in [1.54, 1.807) is 0 Å². The van der Waals surface area contributed by atoms with Gasteiger partial charge in [-0.05, 0) is 55.8 Å². The van der Waals surface area contributed by atoms with E-state index in [0.717, 1.165) is 52.0 Å². The van der Waals surface area contributed by atoms with Crippen LogP contribution in [0.3, 0.4) is 0 Å². The number of unbranched alkanes of at least 4 members (excludes halogenated alkanes) is 2. The largest absolute Gasteiger partial charge is 0.484 e. The number of para-hydroxylation sites is 2. The van der Waals surface area contributed by atoms with Gasteiger partial charge in [0.05, 0.1) is 0 Å². The number of hydrogen-bond acceptors (Lipinski definition) is 6. The lowest BCUT2D eigenvalue weighted by molar-refractivity contribution is -0.163. The van der Waals surface area contributed by atoms with Crippen LogP contribution in [0.25, 0.3) is 0 Å². The summed E-state index contributed by atoms with van der Waals surface area (Å²) in [6.07, 6.45) is 2.99. The molecule has 0 bridgehead atoms. The summed E-state index contributed by atoms with van der Waals surface area (Å²) in [6, 6.07) is 13.1. The number of piperazine rings is 1. The number of halogens is 3. The summed E-state index contributed by atoms with van der Waals surface area (Å²) in [5, 5.41) is 13.0. The maximum absolute atomic E-state index is 12.9. The molecule has 1 atom stereocenters. The Kier molecular flexibility index (Phi) is 11.5. The standard InChI is InChI=1S/C25H32FN3O4.2ClH/c26-21-10-8-20(9-11-21)24(31)27-12-4-1-5-13-28-14-16-29(17-15-28)25(18-30)19-32-22-6-2-3-7-23(22)33-25;;/h2-3,6-11,30H,1,4-5,12-19H2,(H,27,31);2*1H. The molecule has 35 heavy (non-hydrogen) atoms. The summed E-state index contributed by atoms with van der Waals surface area (Å²) in [4.78, 5) is 16.6. The Labute approximate surface area is 218 Å². The van der Waals surface area contributed by atoms with Gasteiger partial charge < -0.3 is 24.8 Å². The van der Waals surface area contributed by atoms with E-state index < -0.39 is 5.72 Å². The summed E-state index contributed by atoms with van der Waals surface area (Å²) >= 11 is 0. The van der Waals surface area contributed by atoms with E-state index in [9.17, 15) is 14.3 Å². The minimum atomic E-state index is -0.830. The van der Waals surface area contributed by atoms with Crippen molar-refractivity contribution in [1.29, 1.82) is 0 Å². The molecule has 1 fully saturated rings. The molecule has 0 radical (unpaired) electrons. The SMILES string of the molecule is Cl.Cl.O=C(NCCCCCN1CCN(C2(CO)COc3ccccc3O2)CC1)c1ccc(F)cc1. The van der Waals surface area contributed by atoms with Gasteiger partial charge >= 0.3 is 0 Å². The van der Waals surface area contributed by atoms with Crippen molar-refractivity contribution >= 4 is 30.7 Å². The lowest BCUT2D eigenvalue weighted by Crippen LogP contribution is -2.65. The number of carbonyl (C=O) groups excluding carboxylic acids is 1. The van der Waals surface area contributed by atoms with Crippen LogP contribution in [-0.2, 0) is 0 Å². The highest BCUT2D eigenvalue weighted by molar-refractivity contribution is 5.94. The van der Waals surface area contributed by atoms with Crippen LogP contribution in [0.4, 0.5) is 4.39 Å². The van der Waals surface area contributed by atoms with Crippen molar-refractivity contribution in [2.75, 3.05) is 52.5 Å². The minimum absolute atomic E-state index is 0.